The number of hydrazone groups is 1. The zero-order chi connectivity index (χ0) is 29.6. The van der Waals surface area contributed by atoms with Crippen LogP contribution in [0.15, 0.2) is 69.1 Å². The van der Waals surface area contributed by atoms with Crippen molar-refractivity contribution in [2.45, 2.75) is 17.7 Å². The van der Waals surface area contributed by atoms with E-state index in [1.54, 1.807) is 6.07 Å². The first-order valence-electron chi connectivity index (χ1n) is 11.7. The number of nitrogens with zero attached hydrogens (tertiary/aromatic N) is 7. The van der Waals surface area contributed by atoms with E-state index in [2.05, 4.69) is 26.0 Å². The van der Waals surface area contributed by atoms with Gasteiger partial charge in [-0.2, -0.15) is 24.9 Å². The van der Waals surface area contributed by atoms with Crippen molar-refractivity contribution in [1.82, 2.24) is 9.29 Å². The molecule has 0 fully saturated rings. The van der Waals surface area contributed by atoms with Crippen molar-refractivity contribution in [3.8, 4) is 12.1 Å². The van der Waals surface area contributed by atoms with Crippen LogP contribution >= 0.6 is 38.6 Å². The van der Waals surface area contributed by atoms with Crippen LogP contribution in [-0.4, -0.2) is 47.8 Å². The second kappa shape index (κ2) is 13.1. The van der Waals surface area contributed by atoms with E-state index in [1.807, 2.05) is 24.3 Å². The van der Waals surface area contributed by atoms with Gasteiger partial charge >= 0.3 is 5.00 Å². The van der Waals surface area contributed by atoms with Gasteiger partial charge in [-0.15, -0.1) is 0 Å². The monoisotopic (exact) mass is 671 g/mol. The van der Waals surface area contributed by atoms with Gasteiger partial charge in [-0.1, -0.05) is 38.6 Å². The molecule has 0 spiro atoms. The molecule has 0 N–H and O–H groups in total. The third kappa shape index (κ3) is 6.99. The summed E-state index contributed by atoms with van der Waals surface area (Å²) in [6, 6.07) is 17.3. The van der Waals surface area contributed by atoms with E-state index in [9.17, 15) is 23.3 Å². The highest BCUT2D eigenvalue weighted by atomic mass is 79.9. The Morgan fingerprint density at radius 1 is 1.07 bits per heavy atom. The van der Waals surface area contributed by atoms with Crippen molar-refractivity contribution >= 4 is 81.1 Å². The van der Waals surface area contributed by atoms with Crippen LogP contribution in [-0.2, 0) is 10.0 Å². The zero-order valence-electron chi connectivity index (χ0n) is 20.9. The van der Waals surface area contributed by atoms with E-state index in [1.165, 1.54) is 53.9 Å². The number of thiophene rings is 1. The van der Waals surface area contributed by atoms with Gasteiger partial charge in [0.15, 0.2) is 0 Å². The Bertz CT molecular complexity index is 1800. The number of benzene rings is 2. The number of sulfonamides is 1. The molecule has 0 saturated carbocycles. The molecular formula is C25H18BrN7O5S3. The molecule has 0 atom stereocenters. The van der Waals surface area contributed by atoms with Crippen LogP contribution in [0.2, 0.25) is 0 Å². The molecule has 0 aliphatic carbocycles. The molecule has 4 rings (SSSR count). The number of nitro groups is 1. The number of halogens is 1. The highest BCUT2D eigenvalue weighted by molar-refractivity contribution is 9.10. The second-order valence-electron chi connectivity index (χ2n) is 8.15. The van der Waals surface area contributed by atoms with Crippen LogP contribution in [0, 0.1) is 32.8 Å². The maximum Gasteiger partial charge on any atom is 0.324 e. The summed E-state index contributed by atoms with van der Waals surface area (Å²) in [6.45, 7) is -0.142. The number of anilines is 1. The lowest BCUT2D eigenvalue weighted by Crippen LogP contribution is -2.33. The van der Waals surface area contributed by atoms with Crippen molar-refractivity contribution < 1.29 is 18.1 Å². The Morgan fingerprint density at radius 2 is 1.76 bits per heavy atom. The number of carbonyl (C=O) groups excluding carboxylic acids is 1. The number of fused-ring (bicyclic) bond motifs is 1. The Morgan fingerprint density at radius 3 is 2.37 bits per heavy atom. The number of hydrogen-bond acceptors (Lipinski definition) is 11. The molecule has 2 aromatic carbocycles. The molecule has 1 amide bonds. The van der Waals surface area contributed by atoms with Crippen LogP contribution in [0.3, 0.4) is 0 Å². The molecule has 0 bridgehead atoms. The smallest absolute Gasteiger partial charge is 0.267 e. The lowest BCUT2D eigenvalue weighted by atomic mass is 10.2. The van der Waals surface area contributed by atoms with Crippen molar-refractivity contribution in [3.05, 3.63) is 79.6 Å². The molecule has 2 aromatic heterocycles. The summed E-state index contributed by atoms with van der Waals surface area (Å²) in [7, 11) is -4.02. The van der Waals surface area contributed by atoms with Gasteiger partial charge in [-0.25, -0.2) is 13.4 Å². The number of carbonyl (C=O) groups is 1. The third-order valence-corrected chi connectivity index (χ3v) is 9.86. The van der Waals surface area contributed by atoms with Crippen LogP contribution in [0.4, 0.5) is 10.1 Å². The summed E-state index contributed by atoms with van der Waals surface area (Å²) in [5.74, 6) is -0.611. The standard InChI is InChI=1S/C25H18BrN7O5S3/c26-18-5-9-21-22(15-18)40-25(30-21)32(29-16-19-6-10-23(39-19)33(35)36)24(34)17-3-7-20(8-4-17)41(37,38)31(13-1-11-27)14-2-12-28/h3-10,15-16H,1-2,13-14H2/b29-16+. The van der Waals surface area contributed by atoms with Crippen molar-refractivity contribution in [1.29, 1.82) is 10.5 Å². The van der Waals surface area contributed by atoms with Gasteiger partial charge < -0.3 is 0 Å². The minimum atomic E-state index is -4.02. The van der Waals surface area contributed by atoms with Crippen molar-refractivity contribution in [2.24, 2.45) is 5.10 Å². The highest BCUT2D eigenvalue weighted by Crippen LogP contribution is 2.32. The fourth-order valence-electron chi connectivity index (χ4n) is 3.53. The molecule has 208 valence electrons. The molecule has 0 aliphatic heterocycles. The largest absolute Gasteiger partial charge is 0.324 e. The average molecular weight is 673 g/mol. The van der Waals surface area contributed by atoms with Crippen LogP contribution < -0.4 is 5.01 Å². The van der Waals surface area contributed by atoms with Gasteiger partial charge in [-0.3, -0.25) is 14.9 Å². The first-order valence-corrected chi connectivity index (χ1v) is 15.5. The lowest BCUT2D eigenvalue weighted by molar-refractivity contribution is -0.380. The molecule has 4 aromatic rings. The number of rotatable bonds is 11. The fourth-order valence-corrected chi connectivity index (χ4v) is 7.14. The number of hydrogen-bond donors (Lipinski definition) is 0. The number of amides is 1. The number of nitriles is 2. The first-order chi connectivity index (χ1) is 19.6. The van der Waals surface area contributed by atoms with E-state index < -0.39 is 20.9 Å². The Balaban J connectivity index is 1.68. The zero-order valence-corrected chi connectivity index (χ0v) is 24.9. The Hall–Kier alpha value is -4.06. The number of thiazole rings is 1. The molecule has 41 heavy (non-hydrogen) atoms. The van der Waals surface area contributed by atoms with Gasteiger partial charge in [0, 0.05) is 42.0 Å². The maximum atomic E-state index is 13.6. The van der Waals surface area contributed by atoms with Crippen molar-refractivity contribution in [2.75, 3.05) is 18.1 Å². The SMILES string of the molecule is N#CCCN(CCC#N)S(=O)(=O)c1ccc(C(=O)N(/N=C/c2ccc([N+](=O)[O-])s2)c2nc3ccc(Br)cc3s2)cc1. The third-order valence-electron chi connectivity index (χ3n) is 5.49. The van der Waals surface area contributed by atoms with E-state index in [0.717, 1.165) is 29.8 Å². The molecule has 0 saturated heterocycles. The van der Waals surface area contributed by atoms with Crippen LogP contribution in [0.5, 0.6) is 0 Å². The van der Waals surface area contributed by atoms with Gasteiger partial charge in [-0.05, 0) is 48.5 Å². The average Bonchev–Trinajstić information content (AvgIpc) is 3.60. The Kier molecular flexibility index (Phi) is 9.53. The van der Waals surface area contributed by atoms with E-state index in [4.69, 9.17) is 10.5 Å². The second-order valence-corrected chi connectivity index (χ2v) is 13.1. The van der Waals surface area contributed by atoms with E-state index >= 15 is 0 Å². The molecule has 0 unspecified atom stereocenters. The summed E-state index contributed by atoms with van der Waals surface area (Å²) in [5.41, 5.74) is 0.739. The summed E-state index contributed by atoms with van der Waals surface area (Å²) in [5, 5.41) is 34.4. The maximum absolute atomic E-state index is 13.6. The van der Waals surface area contributed by atoms with Crippen molar-refractivity contribution in [3.63, 3.8) is 0 Å². The molecule has 2 heterocycles. The minimum absolute atomic E-state index is 0.0413. The fraction of sp³-hybridized carbons (Fsp3) is 0.160. The topological polar surface area (TPSA) is 174 Å². The molecule has 0 radical (unpaired) electrons. The normalized spacial score (nSPS) is 11.5. The van der Waals surface area contributed by atoms with Gasteiger partial charge in [0.25, 0.3) is 5.91 Å². The van der Waals surface area contributed by atoms with E-state index in [-0.39, 0.29) is 46.5 Å². The quantitative estimate of drug-likeness (QED) is 0.114. The van der Waals surface area contributed by atoms with Crippen LogP contribution in [0.25, 0.3) is 10.2 Å². The molecule has 16 heteroatoms. The highest BCUT2D eigenvalue weighted by Gasteiger charge is 2.26. The molecule has 0 aliphatic rings. The van der Waals surface area contributed by atoms with Crippen LogP contribution in [0.1, 0.15) is 28.1 Å². The minimum Gasteiger partial charge on any atom is -0.267 e. The molecule has 12 nitrogen and oxygen atoms in total. The van der Waals surface area contributed by atoms with Gasteiger partial charge in [0.2, 0.25) is 15.2 Å². The summed E-state index contributed by atoms with van der Waals surface area (Å²) in [4.78, 5) is 29.0. The predicted molar refractivity (Wildman–Crippen MR) is 158 cm³/mol. The van der Waals surface area contributed by atoms with E-state index in [0.29, 0.717) is 10.4 Å². The first kappa shape index (κ1) is 29.9. The lowest BCUT2D eigenvalue weighted by Gasteiger charge is -2.20. The Labute approximate surface area is 250 Å². The molecular weight excluding hydrogens is 654 g/mol. The summed E-state index contributed by atoms with van der Waals surface area (Å²) < 4.78 is 29.0. The number of aromatic nitrogens is 1. The predicted octanol–water partition coefficient (Wildman–Crippen LogP) is 5.53. The summed E-state index contributed by atoms with van der Waals surface area (Å²) >= 11 is 5.51. The summed E-state index contributed by atoms with van der Waals surface area (Å²) in [6.07, 6.45) is 1.24. The van der Waals surface area contributed by atoms with Gasteiger partial charge in [0.1, 0.15) is 0 Å². The van der Waals surface area contributed by atoms with Gasteiger partial charge in [0.05, 0.1) is 43.3 Å².